The van der Waals surface area contributed by atoms with Gasteiger partial charge < -0.3 is 15.0 Å². The summed E-state index contributed by atoms with van der Waals surface area (Å²) in [6, 6.07) is 12.0. The maximum Gasteiger partial charge on any atom is 0.158 e. The molecule has 0 atom stereocenters. The Hall–Kier alpha value is -2.02. The number of ether oxygens (including phenoxy) is 1. The number of hydrogen-bond donors (Lipinski definition) is 1. The standard InChI is InChI=1S/C22H26N4OS/c1-27-13-19-24-21(26-11-9-17(10-12-26)23-16-7-8-16)20-18(14-28-22(20)25-19)15-5-3-2-4-6-15/h2-6,14,16-17,23H,7-13H2,1H3. The molecular formula is C22H26N4OS. The quantitative estimate of drug-likeness (QED) is 0.678. The van der Waals surface area contributed by atoms with Crippen molar-refractivity contribution in [1.82, 2.24) is 15.3 Å². The fraction of sp³-hybridized carbons (Fsp3) is 0.455. The summed E-state index contributed by atoms with van der Waals surface area (Å²) in [6.07, 6.45) is 5.05. The van der Waals surface area contributed by atoms with Crippen molar-refractivity contribution in [3.63, 3.8) is 0 Å². The second kappa shape index (κ2) is 7.78. The van der Waals surface area contributed by atoms with Crippen LogP contribution >= 0.6 is 11.3 Å². The molecule has 3 aromatic rings. The van der Waals surface area contributed by atoms with Crippen LogP contribution in [-0.4, -0.2) is 42.3 Å². The van der Waals surface area contributed by atoms with Crippen LogP contribution in [0.15, 0.2) is 35.7 Å². The second-order valence-corrected chi connectivity index (χ2v) is 8.65. The number of methoxy groups -OCH3 is 1. The van der Waals surface area contributed by atoms with Gasteiger partial charge in [-0.3, -0.25) is 0 Å². The van der Waals surface area contributed by atoms with E-state index in [1.54, 1.807) is 18.4 Å². The number of thiophene rings is 1. The number of piperidine rings is 1. The normalized spacial score (nSPS) is 18.1. The Morgan fingerprint density at radius 3 is 2.54 bits per heavy atom. The molecule has 1 aromatic carbocycles. The largest absolute Gasteiger partial charge is 0.377 e. The van der Waals surface area contributed by atoms with E-state index in [0.717, 1.165) is 35.6 Å². The maximum absolute atomic E-state index is 5.33. The lowest BCUT2D eigenvalue weighted by Gasteiger charge is -2.34. The summed E-state index contributed by atoms with van der Waals surface area (Å²) in [5.74, 6) is 1.84. The van der Waals surface area contributed by atoms with Gasteiger partial charge in [0.15, 0.2) is 5.82 Å². The molecule has 0 bridgehead atoms. The summed E-state index contributed by atoms with van der Waals surface area (Å²) in [4.78, 5) is 13.2. The summed E-state index contributed by atoms with van der Waals surface area (Å²) in [5, 5.41) is 7.19. The maximum atomic E-state index is 5.33. The summed E-state index contributed by atoms with van der Waals surface area (Å²) < 4.78 is 5.33. The first kappa shape index (κ1) is 18.0. The summed E-state index contributed by atoms with van der Waals surface area (Å²) in [7, 11) is 1.70. The fourth-order valence-electron chi connectivity index (χ4n) is 4.06. The highest BCUT2D eigenvalue weighted by Crippen LogP contribution is 2.39. The molecule has 0 spiro atoms. The lowest BCUT2D eigenvalue weighted by atomic mass is 10.0. The Labute approximate surface area is 169 Å². The minimum absolute atomic E-state index is 0.446. The van der Waals surface area contributed by atoms with E-state index in [9.17, 15) is 0 Å². The van der Waals surface area contributed by atoms with Gasteiger partial charge in [0.05, 0.1) is 5.39 Å². The molecule has 1 saturated heterocycles. The molecule has 0 amide bonds. The van der Waals surface area contributed by atoms with Crippen molar-refractivity contribution in [2.24, 2.45) is 0 Å². The monoisotopic (exact) mass is 394 g/mol. The van der Waals surface area contributed by atoms with Gasteiger partial charge in [-0.05, 0) is 31.2 Å². The van der Waals surface area contributed by atoms with Crippen LogP contribution in [0.4, 0.5) is 5.82 Å². The van der Waals surface area contributed by atoms with E-state index >= 15 is 0 Å². The van der Waals surface area contributed by atoms with Gasteiger partial charge in [-0.15, -0.1) is 11.3 Å². The van der Waals surface area contributed by atoms with E-state index in [4.69, 9.17) is 14.7 Å². The lowest BCUT2D eigenvalue weighted by Crippen LogP contribution is -2.43. The molecule has 1 saturated carbocycles. The molecule has 146 valence electrons. The van der Waals surface area contributed by atoms with Gasteiger partial charge in [-0.25, -0.2) is 9.97 Å². The smallest absolute Gasteiger partial charge is 0.158 e. The summed E-state index contributed by atoms with van der Waals surface area (Å²) in [6.45, 7) is 2.52. The molecular weight excluding hydrogens is 368 g/mol. The van der Waals surface area contributed by atoms with E-state index in [2.05, 4.69) is 45.9 Å². The highest BCUT2D eigenvalue weighted by Gasteiger charge is 2.29. The van der Waals surface area contributed by atoms with Crippen LogP contribution in [-0.2, 0) is 11.3 Å². The van der Waals surface area contributed by atoms with Crippen molar-refractivity contribution < 1.29 is 4.74 Å². The highest BCUT2D eigenvalue weighted by molar-refractivity contribution is 7.17. The van der Waals surface area contributed by atoms with Crippen LogP contribution < -0.4 is 10.2 Å². The number of fused-ring (bicyclic) bond motifs is 1. The first-order chi connectivity index (χ1) is 13.8. The van der Waals surface area contributed by atoms with E-state index < -0.39 is 0 Å². The number of benzene rings is 1. The third kappa shape index (κ3) is 3.64. The number of nitrogens with zero attached hydrogens (tertiary/aromatic N) is 3. The SMILES string of the molecule is COCc1nc(N2CCC(NC3CC3)CC2)c2c(-c3ccccc3)csc2n1. The van der Waals surface area contributed by atoms with Gasteiger partial charge in [-0.2, -0.15) is 0 Å². The third-order valence-corrected chi connectivity index (χ3v) is 6.53. The summed E-state index contributed by atoms with van der Waals surface area (Å²) >= 11 is 1.70. The van der Waals surface area contributed by atoms with Gasteiger partial charge >= 0.3 is 0 Å². The zero-order valence-electron chi connectivity index (χ0n) is 16.2. The summed E-state index contributed by atoms with van der Waals surface area (Å²) in [5.41, 5.74) is 2.46. The third-order valence-electron chi connectivity index (χ3n) is 5.66. The molecule has 2 aromatic heterocycles. The van der Waals surface area contributed by atoms with Gasteiger partial charge in [-0.1, -0.05) is 30.3 Å². The van der Waals surface area contributed by atoms with Crippen LogP contribution in [0.5, 0.6) is 0 Å². The fourth-order valence-corrected chi connectivity index (χ4v) is 5.02. The van der Waals surface area contributed by atoms with Crippen molar-refractivity contribution in [1.29, 1.82) is 0 Å². The van der Waals surface area contributed by atoms with Crippen molar-refractivity contribution in [2.75, 3.05) is 25.1 Å². The van der Waals surface area contributed by atoms with Crippen molar-refractivity contribution >= 4 is 27.4 Å². The Balaban J connectivity index is 1.51. The zero-order chi connectivity index (χ0) is 18.9. The zero-order valence-corrected chi connectivity index (χ0v) is 17.0. The van der Waals surface area contributed by atoms with Crippen LogP contribution in [0.3, 0.4) is 0 Å². The van der Waals surface area contributed by atoms with Crippen LogP contribution in [0.1, 0.15) is 31.5 Å². The van der Waals surface area contributed by atoms with Crippen LogP contribution in [0.25, 0.3) is 21.3 Å². The lowest BCUT2D eigenvalue weighted by molar-refractivity contribution is 0.178. The highest BCUT2D eigenvalue weighted by atomic mass is 32.1. The van der Waals surface area contributed by atoms with Gasteiger partial charge in [0.2, 0.25) is 0 Å². The van der Waals surface area contributed by atoms with Crippen molar-refractivity contribution in [2.45, 2.75) is 44.4 Å². The Kier molecular flexibility index (Phi) is 5.01. The molecule has 0 radical (unpaired) electrons. The molecule has 1 N–H and O–H groups in total. The number of anilines is 1. The molecule has 6 heteroatoms. The molecule has 5 nitrogen and oxygen atoms in total. The molecule has 2 aliphatic rings. The molecule has 28 heavy (non-hydrogen) atoms. The van der Waals surface area contributed by atoms with E-state index in [1.165, 1.54) is 42.2 Å². The molecule has 5 rings (SSSR count). The minimum Gasteiger partial charge on any atom is -0.377 e. The predicted molar refractivity (Wildman–Crippen MR) is 115 cm³/mol. The van der Waals surface area contributed by atoms with Crippen molar-refractivity contribution in [3.8, 4) is 11.1 Å². The average Bonchev–Trinajstić information content (AvgIpc) is 3.44. The Morgan fingerprint density at radius 1 is 1.07 bits per heavy atom. The average molecular weight is 395 g/mol. The van der Waals surface area contributed by atoms with Gasteiger partial charge in [0.25, 0.3) is 0 Å². The van der Waals surface area contributed by atoms with Gasteiger partial charge in [0.1, 0.15) is 17.3 Å². The second-order valence-electron chi connectivity index (χ2n) is 7.79. The molecule has 2 fully saturated rings. The Bertz CT molecular complexity index is 946. The van der Waals surface area contributed by atoms with Crippen LogP contribution in [0.2, 0.25) is 0 Å². The van der Waals surface area contributed by atoms with E-state index in [-0.39, 0.29) is 0 Å². The minimum atomic E-state index is 0.446. The predicted octanol–water partition coefficient (Wildman–Crippen LogP) is 4.23. The van der Waals surface area contributed by atoms with Crippen molar-refractivity contribution in [3.05, 3.63) is 41.5 Å². The molecule has 3 heterocycles. The first-order valence-electron chi connectivity index (χ1n) is 10.2. The van der Waals surface area contributed by atoms with E-state index in [1.807, 2.05) is 0 Å². The van der Waals surface area contributed by atoms with E-state index in [0.29, 0.717) is 12.6 Å². The number of rotatable bonds is 6. The number of nitrogens with one attached hydrogen (secondary N) is 1. The molecule has 0 unspecified atom stereocenters. The molecule has 1 aliphatic carbocycles. The molecule has 1 aliphatic heterocycles. The number of hydrogen-bond acceptors (Lipinski definition) is 6. The Morgan fingerprint density at radius 2 is 1.82 bits per heavy atom. The van der Waals surface area contributed by atoms with Gasteiger partial charge in [0, 0.05) is 43.2 Å². The van der Waals surface area contributed by atoms with Crippen LogP contribution in [0, 0.1) is 0 Å². The number of aromatic nitrogens is 2. The topological polar surface area (TPSA) is 50.3 Å². The first-order valence-corrected chi connectivity index (χ1v) is 11.0.